The van der Waals surface area contributed by atoms with Crippen molar-refractivity contribution in [1.82, 2.24) is 0 Å². The summed E-state index contributed by atoms with van der Waals surface area (Å²) in [4.78, 5) is 0. The Labute approximate surface area is 252 Å². The van der Waals surface area contributed by atoms with Crippen molar-refractivity contribution >= 4 is 0 Å². The van der Waals surface area contributed by atoms with E-state index in [1.54, 1.807) is 0 Å². The molecule has 1 aliphatic rings. The number of fused-ring (bicyclic) bond motifs is 3. The topological polar surface area (TPSA) is 27.7 Å². The van der Waals surface area contributed by atoms with Gasteiger partial charge < -0.3 is 14.2 Å². The average Bonchev–Trinajstić information content (AvgIpc) is 3.15. The maximum atomic E-state index is 6.22. The van der Waals surface area contributed by atoms with Crippen molar-refractivity contribution in [3.63, 3.8) is 0 Å². The highest BCUT2D eigenvalue weighted by Gasteiger charge is 2.21. The summed E-state index contributed by atoms with van der Waals surface area (Å²) >= 11 is 0. The normalized spacial score (nSPS) is 12.6. The molecule has 0 saturated carbocycles. The molecule has 0 aliphatic carbocycles. The van der Waals surface area contributed by atoms with E-state index >= 15 is 0 Å². The first kappa shape index (κ1) is 33.5. The van der Waals surface area contributed by atoms with E-state index in [-0.39, 0.29) is 0 Å². The maximum Gasteiger partial charge on any atom is 0.119 e. The fraction of sp³-hybridized carbons (Fsp3) is 0.684. The first-order valence-electron chi connectivity index (χ1n) is 17.2. The Balaban J connectivity index is 1.46. The van der Waals surface area contributed by atoms with Gasteiger partial charge in [-0.15, -0.1) is 0 Å². The summed E-state index contributed by atoms with van der Waals surface area (Å²) in [5.74, 6) is 1.96. The Hall–Kier alpha value is -2.00. The van der Waals surface area contributed by atoms with Gasteiger partial charge >= 0.3 is 0 Å². The molecule has 0 atom stereocenters. The summed E-state index contributed by atoms with van der Waals surface area (Å²) in [5.41, 5.74) is 7.63. The van der Waals surface area contributed by atoms with Gasteiger partial charge in [-0.05, 0) is 84.3 Å². The second-order valence-electron chi connectivity index (χ2n) is 12.4. The van der Waals surface area contributed by atoms with Crippen LogP contribution in [0.15, 0.2) is 24.3 Å². The Bertz CT molecular complexity index is 916. The second kappa shape index (κ2) is 20.0. The van der Waals surface area contributed by atoms with Gasteiger partial charge in [0, 0.05) is 0 Å². The Morgan fingerprint density at radius 1 is 0.488 bits per heavy atom. The van der Waals surface area contributed by atoms with Crippen LogP contribution in [-0.2, 0) is 18.0 Å². The lowest BCUT2D eigenvalue weighted by atomic mass is 9.89. The molecule has 3 nitrogen and oxygen atoms in total. The third-order valence-electron chi connectivity index (χ3n) is 8.58. The van der Waals surface area contributed by atoms with E-state index in [9.17, 15) is 0 Å². The zero-order valence-corrected chi connectivity index (χ0v) is 27.1. The quantitative estimate of drug-likeness (QED) is 0.133. The minimum atomic E-state index is 0.619. The van der Waals surface area contributed by atoms with E-state index in [0.29, 0.717) is 13.2 Å². The molecular weight excluding hydrogens is 504 g/mol. The van der Waals surface area contributed by atoms with Gasteiger partial charge in [-0.25, -0.2) is 0 Å². The van der Waals surface area contributed by atoms with Crippen molar-refractivity contribution in [2.75, 3.05) is 13.2 Å². The number of benzene rings is 2. The standard InChI is InChI=1S/C38H60O3/c1-5-7-9-11-13-15-17-19-21-23-40-35-25-31(3)37-33(27-35)29-39-30-34-28-36(26-32(4)38(34)37)41-24-22-20-18-16-14-12-10-8-6-2/h25-28H,5-24,29-30H2,1-4H3. The van der Waals surface area contributed by atoms with E-state index in [0.717, 1.165) is 37.6 Å². The van der Waals surface area contributed by atoms with Gasteiger partial charge in [0.05, 0.1) is 26.4 Å². The SMILES string of the molecule is CCCCCCCCCCCOc1cc(C)c2c(c1)COCc1cc(OCCCCCCCCCCC)cc(C)c1-2. The number of hydrogen-bond acceptors (Lipinski definition) is 3. The van der Waals surface area contributed by atoms with Crippen LogP contribution in [0.5, 0.6) is 11.5 Å². The molecule has 0 N–H and O–H groups in total. The van der Waals surface area contributed by atoms with Crippen molar-refractivity contribution in [2.45, 2.75) is 156 Å². The summed E-state index contributed by atoms with van der Waals surface area (Å²) in [6.07, 6.45) is 24.0. The molecule has 230 valence electrons. The minimum Gasteiger partial charge on any atom is -0.494 e. The predicted molar refractivity (Wildman–Crippen MR) is 175 cm³/mol. The monoisotopic (exact) mass is 564 g/mol. The molecule has 0 spiro atoms. The molecule has 2 aromatic carbocycles. The highest BCUT2D eigenvalue weighted by molar-refractivity contribution is 5.78. The predicted octanol–water partition coefficient (Wildman–Crippen LogP) is 11.8. The largest absolute Gasteiger partial charge is 0.494 e. The van der Waals surface area contributed by atoms with E-state index in [2.05, 4.69) is 52.0 Å². The molecule has 0 radical (unpaired) electrons. The molecule has 1 aliphatic heterocycles. The molecule has 0 saturated heterocycles. The molecule has 2 aromatic rings. The van der Waals surface area contributed by atoms with Crippen LogP contribution in [0.1, 0.15) is 152 Å². The summed E-state index contributed by atoms with van der Waals surface area (Å²) in [7, 11) is 0. The van der Waals surface area contributed by atoms with Gasteiger partial charge in [0.15, 0.2) is 0 Å². The van der Waals surface area contributed by atoms with Crippen LogP contribution in [0.4, 0.5) is 0 Å². The summed E-state index contributed by atoms with van der Waals surface area (Å²) < 4.78 is 18.6. The van der Waals surface area contributed by atoms with Crippen molar-refractivity contribution < 1.29 is 14.2 Å². The summed E-state index contributed by atoms with van der Waals surface area (Å²) in [6.45, 7) is 11.8. The lowest BCUT2D eigenvalue weighted by Gasteiger charge is -2.18. The first-order valence-corrected chi connectivity index (χ1v) is 17.2. The molecule has 0 fully saturated rings. The van der Waals surface area contributed by atoms with Crippen LogP contribution in [0, 0.1) is 13.8 Å². The maximum absolute atomic E-state index is 6.22. The van der Waals surface area contributed by atoms with E-state index in [1.807, 2.05) is 0 Å². The van der Waals surface area contributed by atoms with Gasteiger partial charge in [-0.3, -0.25) is 0 Å². The number of unbranched alkanes of at least 4 members (excludes halogenated alkanes) is 16. The molecule has 1 heterocycles. The zero-order chi connectivity index (χ0) is 29.1. The number of ether oxygens (including phenoxy) is 3. The van der Waals surface area contributed by atoms with Gasteiger partial charge in [-0.1, -0.05) is 117 Å². The van der Waals surface area contributed by atoms with Gasteiger partial charge in [0.25, 0.3) is 0 Å². The van der Waals surface area contributed by atoms with E-state index in [1.165, 1.54) is 136 Å². The highest BCUT2D eigenvalue weighted by Crippen LogP contribution is 2.40. The Kier molecular flexibility index (Phi) is 16.3. The molecule has 3 heteroatoms. The molecule has 0 amide bonds. The second-order valence-corrected chi connectivity index (χ2v) is 12.4. The molecule has 0 bridgehead atoms. The summed E-state index contributed by atoms with van der Waals surface area (Å²) in [5, 5.41) is 0. The van der Waals surface area contributed by atoms with Crippen molar-refractivity contribution in [3.05, 3.63) is 46.5 Å². The van der Waals surface area contributed by atoms with Gasteiger partial charge in [0.1, 0.15) is 11.5 Å². The fourth-order valence-electron chi connectivity index (χ4n) is 6.23. The molecular formula is C38H60O3. The lowest BCUT2D eigenvalue weighted by molar-refractivity contribution is 0.109. The van der Waals surface area contributed by atoms with Crippen molar-refractivity contribution in [1.29, 1.82) is 0 Å². The Morgan fingerprint density at radius 2 is 0.829 bits per heavy atom. The van der Waals surface area contributed by atoms with Crippen molar-refractivity contribution in [3.8, 4) is 22.6 Å². The van der Waals surface area contributed by atoms with Crippen LogP contribution in [0.25, 0.3) is 11.1 Å². The molecule has 3 rings (SSSR count). The van der Waals surface area contributed by atoms with Crippen LogP contribution in [0.2, 0.25) is 0 Å². The fourth-order valence-corrected chi connectivity index (χ4v) is 6.23. The lowest BCUT2D eigenvalue weighted by Crippen LogP contribution is -2.02. The third-order valence-corrected chi connectivity index (χ3v) is 8.58. The van der Waals surface area contributed by atoms with Crippen LogP contribution < -0.4 is 9.47 Å². The first-order chi connectivity index (χ1) is 20.1. The van der Waals surface area contributed by atoms with Gasteiger partial charge in [0.2, 0.25) is 0 Å². The smallest absolute Gasteiger partial charge is 0.119 e. The van der Waals surface area contributed by atoms with Crippen LogP contribution in [-0.4, -0.2) is 13.2 Å². The van der Waals surface area contributed by atoms with E-state index in [4.69, 9.17) is 14.2 Å². The third kappa shape index (κ3) is 12.0. The van der Waals surface area contributed by atoms with Crippen LogP contribution in [0.3, 0.4) is 0 Å². The molecule has 0 unspecified atom stereocenters. The summed E-state index contributed by atoms with van der Waals surface area (Å²) in [6, 6.07) is 8.85. The average molecular weight is 565 g/mol. The zero-order valence-electron chi connectivity index (χ0n) is 27.1. The highest BCUT2D eigenvalue weighted by atomic mass is 16.5. The van der Waals surface area contributed by atoms with Crippen LogP contribution >= 0.6 is 0 Å². The number of hydrogen-bond donors (Lipinski definition) is 0. The number of rotatable bonds is 22. The minimum absolute atomic E-state index is 0.619. The van der Waals surface area contributed by atoms with Crippen molar-refractivity contribution in [2.24, 2.45) is 0 Å². The number of aryl methyl sites for hydroxylation is 2. The molecule has 41 heavy (non-hydrogen) atoms. The molecule has 0 aromatic heterocycles. The van der Waals surface area contributed by atoms with E-state index < -0.39 is 0 Å². The van der Waals surface area contributed by atoms with Gasteiger partial charge in [-0.2, -0.15) is 0 Å². The Morgan fingerprint density at radius 3 is 1.20 bits per heavy atom.